The van der Waals surface area contributed by atoms with Crippen molar-refractivity contribution < 1.29 is 17.6 Å². The molecule has 2 aromatic carbocycles. The van der Waals surface area contributed by atoms with E-state index in [9.17, 15) is 17.6 Å². The van der Waals surface area contributed by atoms with Gasteiger partial charge in [-0.05, 0) is 73.6 Å². The highest BCUT2D eigenvalue weighted by atomic mass is 32.2. The Morgan fingerprint density at radius 2 is 1.96 bits per heavy atom. The summed E-state index contributed by atoms with van der Waals surface area (Å²) in [6, 6.07) is 11.1. The Kier molecular flexibility index (Phi) is 5.21. The molecule has 28 heavy (non-hydrogen) atoms. The molecular weight excluding hydrogens is 379 g/mol. The maximum absolute atomic E-state index is 13.5. The molecule has 0 spiro atoms. The first-order valence-corrected chi connectivity index (χ1v) is 11.1. The van der Waals surface area contributed by atoms with Crippen LogP contribution in [0, 0.1) is 5.82 Å². The van der Waals surface area contributed by atoms with Crippen molar-refractivity contribution in [1.82, 2.24) is 4.31 Å². The third-order valence-electron chi connectivity index (χ3n) is 5.49. The molecule has 1 saturated heterocycles. The maximum atomic E-state index is 13.5. The number of nitrogens with one attached hydrogen (secondary N) is 1. The number of carbonyl (C=O) groups excluding carboxylic acids is 1. The highest BCUT2D eigenvalue weighted by Gasteiger charge is 2.35. The highest BCUT2D eigenvalue weighted by Crippen LogP contribution is 2.31. The fourth-order valence-electron chi connectivity index (χ4n) is 4.11. The quantitative estimate of drug-likeness (QED) is 0.851. The third-order valence-corrected chi connectivity index (χ3v) is 7.44. The number of amides is 1. The zero-order valence-corrected chi connectivity index (χ0v) is 16.3. The van der Waals surface area contributed by atoms with Crippen LogP contribution in [0.4, 0.5) is 10.1 Å². The van der Waals surface area contributed by atoms with Crippen LogP contribution in [-0.2, 0) is 27.7 Å². The van der Waals surface area contributed by atoms with E-state index in [0.29, 0.717) is 37.9 Å². The van der Waals surface area contributed by atoms with Crippen LogP contribution in [0.15, 0.2) is 47.4 Å². The van der Waals surface area contributed by atoms with Crippen LogP contribution in [-0.4, -0.2) is 31.2 Å². The van der Waals surface area contributed by atoms with E-state index >= 15 is 0 Å². The van der Waals surface area contributed by atoms with Crippen molar-refractivity contribution >= 4 is 21.6 Å². The second-order valence-electron chi connectivity index (χ2n) is 7.47. The first kappa shape index (κ1) is 19.1. The number of sulfonamides is 1. The lowest BCUT2D eigenvalue weighted by atomic mass is 10.0. The number of benzene rings is 2. The number of halogens is 1. The number of aryl methyl sites for hydroxylation is 1. The number of hydrogen-bond donors (Lipinski definition) is 1. The van der Waals surface area contributed by atoms with E-state index in [0.717, 1.165) is 24.0 Å². The lowest BCUT2D eigenvalue weighted by Crippen LogP contribution is -2.36. The molecular formula is C21H23FN2O3S. The summed E-state index contributed by atoms with van der Waals surface area (Å²) in [6.07, 6.45) is 3.87. The average molecular weight is 402 g/mol. The lowest BCUT2D eigenvalue weighted by molar-refractivity contribution is -0.116. The Bertz CT molecular complexity index is 1010. The lowest BCUT2D eigenvalue weighted by Gasteiger charge is -2.24. The summed E-state index contributed by atoms with van der Waals surface area (Å²) in [7, 11) is -3.65. The second kappa shape index (κ2) is 7.64. The van der Waals surface area contributed by atoms with Crippen molar-refractivity contribution in [3.8, 4) is 0 Å². The van der Waals surface area contributed by atoms with Crippen LogP contribution >= 0.6 is 0 Å². The van der Waals surface area contributed by atoms with Crippen molar-refractivity contribution in [2.75, 3.05) is 11.9 Å². The topological polar surface area (TPSA) is 66.5 Å². The van der Waals surface area contributed by atoms with Crippen LogP contribution in [0.1, 0.15) is 36.8 Å². The van der Waals surface area contributed by atoms with E-state index in [2.05, 4.69) is 5.32 Å². The average Bonchev–Trinajstić information content (AvgIpc) is 3.03. The minimum absolute atomic E-state index is 0.0379. The van der Waals surface area contributed by atoms with Crippen molar-refractivity contribution in [1.29, 1.82) is 0 Å². The van der Waals surface area contributed by atoms with Gasteiger partial charge in [0.15, 0.2) is 0 Å². The van der Waals surface area contributed by atoms with E-state index in [4.69, 9.17) is 0 Å². The Hall–Kier alpha value is -2.25. The van der Waals surface area contributed by atoms with Crippen LogP contribution in [0.3, 0.4) is 0 Å². The summed E-state index contributed by atoms with van der Waals surface area (Å²) < 4.78 is 41.7. The molecule has 1 amide bonds. The fourth-order valence-corrected chi connectivity index (χ4v) is 5.86. The molecule has 1 N–H and O–H groups in total. The van der Waals surface area contributed by atoms with Gasteiger partial charge in [-0.1, -0.05) is 12.1 Å². The van der Waals surface area contributed by atoms with Gasteiger partial charge in [0, 0.05) is 24.7 Å². The Morgan fingerprint density at radius 1 is 1.11 bits per heavy atom. The fraction of sp³-hybridized carbons (Fsp3) is 0.381. The van der Waals surface area contributed by atoms with Crippen molar-refractivity contribution in [3.63, 3.8) is 0 Å². The minimum atomic E-state index is -3.65. The molecule has 2 heterocycles. The first-order chi connectivity index (χ1) is 13.4. The van der Waals surface area contributed by atoms with Crippen LogP contribution in [0.2, 0.25) is 0 Å². The summed E-state index contributed by atoms with van der Waals surface area (Å²) in [5.74, 6) is -0.346. The largest absolute Gasteiger partial charge is 0.326 e. The molecule has 7 heteroatoms. The Balaban J connectivity index is 1.60. The third kappa shape index (κ3) is 3.82. The number of carbonyl (C=O) groups is 1. The first-order valence-electron chi connectivity index (χ1n) is 9.62. The summed E-state index contributed by atoms with van der Waals surface area (Å²) in [5.41, 5.74) is 2.35. The molecule has 2 aliphatic heterocycles. The van der Waals surface area contributed by atoms with Gasteiger partial charge >= 0.3 is 0 Å². The SMILES string of the molecule is O=C1CCCc2cc(S(=O)(=O)N3CCCC3Cc3cccc(F)c3)ccc2N1. The molecule has 1 atom stereocenters. The Morgan fingerprint density at radius 3 is 2.79 bits per heavy atom. The number of nitrogens with zero attached hydrogens (tertiary/aromatic N) is 1. The van der Waals surface area contributed by atoms with Gasteiger partial charge in [0.2, 0.25) is 15.9 Å². The van der Waals surface area contributed by atoms with E-state index < -0.39 is 10.0 Å². The molecule has 1 unspecified atom stereocenters. The van der Waals surface area contributed by atoms with E-state index in [1.165, 1.54) is 12.1 Å². The van der Waals surface area contributed by atoms with Gasteiger partial charge in [0.05, 0.1) is 4.90 Å². The van der Waals surface area contributed by atoms with Gasteiger partial charge in [0.1, 0.15) is 5.82 Å². The molecule has 0 radical (unpaired) electrons. The van der Waals surface area contributed by atoms with Gasteiger partial charge in [-0.2, -0.15) is 4.31 Å². The summed E-state index contributed by atoms with van der Waals surface area (Å²) in [4.78, 5) is 12.0. The molecule has 1 fully saturated rings. The van der Waals surface area contributed by atoms with Crippen LogP contribution < -0.4 is 5.32 Å². The zero-order valence-electron chi connectivity index (χ0n) is 15.5. The summed E-state index contributed by atoms with van der Waals surface area (Å²) in [5, 5.41) is 2.83. The second-order valence-corrected chi connectivity index (χ2v) is 9.36. The van der Waals surface area contributed by atoms with Gasteiger partial charge in [-0.15, -0.1) is 0 Å². The smallest absolute Gasteiger partial charge is 0.243 e. The van der Waals surface area contributed by atoms with Gasteiger partial charge in [-0.3, -0.25) is 4.79 Å². The monoisotopic (exact) mass is 402 g/mol. The van der Waals surface area contributed by atoms with E-state index in [1.54, 1.807) is 28.6 Å². The number of hydrogen-bond acceptors (Lipinski definition) is 3. The zero-order chi connectivity index (χ0) is 19.7. The van der Waals surface area contributed by atoms with Crippen LogP contribution in [0.25, 0.3) is 0 Å². The molecule has 2 aliphatic rings. The van der Waals surface area contributed by atoms with Crippen LogP contribution in [0.5, 0.6) is 0 Å². The normalized spacial score (nSPS) is 20.5. The summed E-state index contributed by atoms with van der Waals surface area (Å²) >= 11 is 0. The molecule has 0 bridgehead atoms. The highest BCUT2D eigenvalue weighted by molar-refractivity contribution is 7.89. The van der Waals surface area contributed by atoms with Crippen molar-refractivity contribution in [2.45, 2.75) is 49.5 Å². The van der Waals surface area contributed by atoms with Crippen molar-refractivity contribution in [2.24, 2.45) is 0 Å². The number of anilines is 1. The van der Waals surface area contributed by atoms with Gasteiger partial charge < -0.3 is 5.32 Å². The van der Waals surface area contributed by atoms with Gasteiger partial charge in [0.25, 0.3) is 0 Å². The molecule has 2 aromatic rings. The standard InChI is InChI=1S/C21H23FN2O3S/c22-17-6-1-4-15(12-17)13-18-7-3-11-24(18)28(26,27)19-9-10-20-16(14-19)5-2-8-21(25)23-20/h1,4,6,9-10,12,14,18H,2-3,5,7-8,11,13H2,(H,23,25). The number of rotatable bonds is 4. The molecule has 148 valence electrons. The number of fused-ring (bicyclic) bond motifs is 1. The Labute approximate surface area is 164 Å². The molecule has 5 nitrogen and oxygen atoms in total. The van der Waals surface area contributed by atoms with E-state index in [1.807, 2.05) is 6.07 Å². The molecule has 4 rings (SSSR count). The summed E-state index contributed by atoms with van der Waals surface area (Å²) in [6.45, 7) is 0.468. The molecule has 0 saturated carbocycles. The molecule has 0 aliphatic carbocycles. The molecule has 0 aromatic heterocycles. The van der Waals surface area contributed by atoms with Crippen molar-refractivity contribution in [3.05, 3.63) is 59.4 Å². The predicted molar refractivity (Wildman–Crippen MR) is 105 cm³/mol. The predicted octanol–water partition coefficient (Wildman–Crippen LogP) is 3.50. The maximum Gasteiger partial charge on any atom is 0.243 e. The minimum Gasteiger partial charge on any atom is -0.326 e. The van der Waals surface area contributed by atoms with E-state index in [-0.39, 0.29) is 22.7 Å². The van der Waals surface area contributed by atoms with Gasteiger partial charge in [-0.25, -0.2) is 12.8 Å².